The first-order valence-electron chi connectivity index (χ1n) is 5.38. The van der Waals surface area contributed by atoms with Gasteiger partial charge in [-0.3, -0.25) is 9.59 Å². The molecule has 1 rings (SSSR count). The summed E-state index contributed by atoms with van der Waals surface area (Å²) in [4.78, 5) is 40.9. The zero-order chi connectivity index (χ0) is 17.5. The highest BCUT2D eigenvalue weighted by molar-refractivity contribution is 5.88. The van der Waals surface area contributed by atoms with E-state index in [-0.39, 0.29) is 17.8 Å². The third kappa shape index (κ3) is 6.80. The summed E-state index contributed by atoms with van der Waals surface area (Å²) in [7, 11) is 0. The topological polar surface area (TPSA) is 249 Å². The van der Waals surface area contributed by atoms with Crippen molar-refractivity contribution >= 4 is 35.8 Å². The Balaban J connectivity index is 0.000000425. The van der Waals surface area contributed by atoms with E-state index in [4.69, 9.17) is 37.6 Å². The van der Waals surface area contributed by atoms with Gasteiger partial charge in [0.1, 0.15) is 0 Å². The highest BCUT2D eigenvalue weighted by Gasteiger charge is 2.40. The lowest BCUT2D eigenvalue weighted by Gasteiger charge is -2.18. The molecular weight excluding hydrogens is 304 g/mol. The number of nitrogens with two attached hydrogens (primary N) is 3. The van der Waals surface area contributed by atoms with E-state index in [1.165, 1.54) is 0 Å². The number of carboxylic acids is 3. The number of carboxylic acid groups (broad SMARTS) is 3. The third-order valence-corrected chi connectivity index (χ3v) is 1.97. The summed E-state index contributed by atoms with van der Waals surface area (Å²) in [5.41, 5.74) is 12.7. The molecule has 22 heavy (non-hydrogen) atoms. The Labute approximate surface area is 122 Å². The van der Waals surface area contributed by atoms with Gasteiger partial charge in [0.25, 0.3) is 0 Å². The number of aliphatic hydroxyl groups is 1. The van der Waals surface area contributed by atoms with Crippen molar-refractivity contribution in [1.82, 2.24) is 15.0 Å². The van der Waals surface area contributed by atoms with Crippen LogP contribution in [0.25, 0.3) is 0 Å². The van der Waals surface area contributed by atoms with Crippen LogP contribution in [0.4, 0.5) is 17.8 Å². The molecule has 0 aliphatic heterocycles. The Morgan fingerprint density at radius 1 is 0.818 bits per heavy atom. The predicted molar refractivity (Wildman–Crippen MR) is 70.2 cm³/mol. The molecular formula is C9H14N6O7. The van der Waals surface area contributed by atoms with Gasteiger partial charge >= 0.3 is 17.9 Å². The van der Waals surface area contributed by atoms with Crippen molar-refractivity contribution in [3.05, 3.63) is 0 Å². The molecule has 0 radical (unpaired) electrons. The minimum Gasteiger partial charge on any atom is -0.481 e. The molecule has 0 saturated carbocycles. The standard InChI is InChI=1S/C6H8O7.C3H6N6/c7-3(8)1-6(13,5(11)12)2-4(9)10;4-1-7-2(5)9-3(6)8-1/h13H,1-2H2,(H,7,8)(H,9,10)(H,11,12);(H6,4,5,6,7,8,9). The fourth-order valence-corrected chi connectivity index (χ4v) is 1.14. The molecule has 0 amide bonds. The van der Waals surface area contributed by atoms with Crippen LogP contribution in [0.2, 0.25) is 0 Å². The van der Waals surface area contributed by atoms with Crippen molar-refractivity contribution in [3.63, 3.8) is 0 Å². The lowest BCUT2D eigenvalue weighted by Crippen LogP contribution is -2.42. The number of aliphatic carboxylic acids is 3. The van der Waals surface area contributed by atoms with Gasteiger partial charge in [-0.25, -0.2) is 4.79 Å². The van der Waals surface area contributed by atoms with E-state index in [0.717, 1.165) is 0 Å². The van der Waals surface area contributed by atoms with Crippen molar-refractivity contribution in [3.8, 4) is 0 Å². The molecule has 0 atom stereocenters. The first kappa shape index (κ1) is 18.8. The van der Waals surface area contributed by atoms with Crippen molar-refractivity contribution in [1.29, 1.82) is 0 Å². The number of rotatable bonds is 5. The number of nitrogen functional groups attached to an aromatic ring is 3. The Kier molecular flexibility index (Phi) is 6.43. The summed E-state index contributed by atoms with van der Waals surface area (Å²) in [6, 6.07) is 0. The van der Waals surface area contributed by atoms with Gasteiger partial charge in [-0.15, -0.1) is 0 Å². The summed E-state index contributed by atoms with van der Waals surface area (Å²) < 4.78 is 0. The molecule has 13 nitrogen and oxygen atoms in total. The first-order valence-corrected chi connectivity index (χ1v) is 5.38. The number of carbonyl (C=O) groups is 3. The van der Waals surface area contributed by atoms with Gasteiger partial charge in [0.2, 0.25) is 17.8 Å². The molecule has 1 heterocycles. The van der Waals surface area contributed by atoms with Crippen LogP contribution >= 0.6 is 0 Å². The van der Waals surface area contributed by atoms with E-state index >= 15 is 0 Å². The van der Waals surface area contributed by atoms with Gasteiger partial charge in [0.15, 0.2) is 5.60 Å². The summed E-state index contributed by atoms with van der Waals surface area (Å²) in [6.45, 7) is 0. The molecule has 0 saturated heterocycles. The van der Waals surface area contributed by atoms with E-state index in [2.05, 4.69) is 15.0 Å². The van der Waals surface area contributed by atoms with Crippen LogP contribution in [0.1, 0.15) is 12.8 Å². The van der Waals surface area contributed by atoms with Crippen molar-refractivity contribution in [2.75, 3.05) is 17.2 Å². The SMILES string of the molecule is Nc1nc(N)nc(N)n1.O=C(O)CC(O)(CC(=O)O)C(=O)O. The van der Waals surface area contributed by atoms with Crippen LogP contribution in [0, 0.1) is 0 Å². The fraction of sp³-hybridized carbons (Fsp3) is 0.333. The van der Waals surface area contributed by atoms with Crippen molar-refractivity contribution in [2.24, 2.45) is 0 Å². The average Bonchev–Trinajstić information content (AvgIpc) is 2.24. The molecule has 0 fully saturated rings. The van der Waals surface area contributed by atoms with Crippen LogP contribution in [-0.4, -0.2) is 58.9 Å². The van der Waals surface area contributed by atoms with Crippen molar-refractivity contribution in [2.45, 2.75) is 18.4 Å². The zero-order valence-corrected chi connectivity index (χ0v) is 11.0. The van der Waals surface area contributed by atoms with E-state index in [1.54, 1.807) is 0 Å². The lowest BCUT2D eigenvalue weighted by molar-refractivity contribution is -0.170. The molecule has 0 aliphatic rings. The zero-order valence-electron chi connectivity index (χ0n) is 11.0. The Morgan fingerprint density at radius 3 is 1.27 bits per heavy atom. The van der Waals surface area contributed by atoms with Gasteiger partial charge in [-0.05, 0) is 0 Å². The molecule has 1 aromatic rings. The second-order valence-corrected chi connectivity index (χ2v) is 3.89. The highest BCUT2D eigenvalue weighted by Crippen LogP contribution is 2.15. The Bertz CT molecular complexity index is 511. The Morgan fingerprint density at radius 2 is 1.09 bits per heavy atom. The largest absolute Gasteiger partial charge is 0.481 e. The molecule has 10 N–H and O–H groups in total. The summed E-state index contributed by atoms with van der Waals surface area (Å²) in [5.74, 6) is -4.89. The molecule has 122 valence electrons. The number of aromatic nitrogens is 3. The summed E-state index contributed by atoms with van der Waals surface area (Å²) >= 11 is 0. The molecule has 13 heteroatoms. The quantitative estimate of drug-likeness (QED) is 0.293. The van der Waals surface area contributed by atoms with Crippen LogP contribution in [-0.2, 0) is 14.4 Å². The van der Waals surface area contributed by atoms with Gasteiger partial charge in [-0.2, -0.15) is 15.0 Å². The van der Waals surface area contributed by atoms with Gasteiger partial charge < -0.3 is 37.6 Å². The number of hydrogen-bond donors (Lipinski definition) is 7. The van der Waals surface area contributed by atoms with Crippen molar-refractivity contribution < 1.29 is 34.8 Å². The van der Waals surface area contributed by atoms with Gasteiger partial charge in [-0.1, -0.05) is 0 Å². The fourth-order valence-electron chi connectivity index (χ4n) is 1.14. The average molecular weight is 318 g/mol. The first-order chi connectivity index (χ1) is 9.96. The highest BCUT2D eigenvalue weighted by atomic mass is 16.4. The molecule has 0 spiro atoms. The van der Waals surface area contributed by atoms with Crippen LogP contribution in [0.15, 0.2) is 0 Å². The third-order valence-electron chi connectivity index (χ3n) is 1.97. The normalized spacial score (nSPS) is 10.2. The summed E-state index contributed by atoms with van der Waals surface area (Å²) in [5, 5.41) is 33.8. The molecule has 0 unspecified atom stereocenters. The number of hydrogen-bond acceptors (Lipinski definition) is 10. The maximum absolute atomic E-state index is 10.3. The molecule has 1 aromatic heterocycles. The predicted octanol–water partition coefficient (Wildman–Crippen LogP) is -2.63. The van der Waals surface area contributed by atoms with Crippen LogP contribution < -0.4 is 17.2 Å². The van der Waals surface area contributed by atoms with E-state index < -0.39 is 36.4 Å². The van der Waals surface area contributed by atoms with Gasteiger partial charge in [0, 0.05) is 0 Å². The van der Waals surface area contributed by atoms with Gasteiger partial charge in [0.05, 0.1) is 12.8 Å². The minimum absolute atomic E-state index is 0.0417. The monoisotopic (exact) mass is 318 g/mol. The van der Waals surface area contributed by atoms with Crippen LogP contribution in [0.5, 0.6) is 0 Å². The lowest BCUT2D eigenvalue weighted by atomic mass is 9.96. The minimum atomic E-state index is -2.74. The summed E-state index contributed by atoms with van der Waals surface area (Å²) in [6.07, 6.45) is -2.29. The van der Waals surface area contributed by atoms with E-state index in [9.17, 15) is 14.4 Å². The molecule has 0 aromatic carbocycles. The number of nitrogens with zero attached hydrogens (tertiary/aromatic N) is 3. The maximum atomic E-state index is 10.3. The van der Waals surface area contributed by atoms with E-state index in [1.807, 2.05) is 0 Å². The van der Waals surface area contributed by atoms with E-state index in [0.29, 0.717) is 0 Å². The van der Waals surface area contributed by atoms with Crippen LogP contribution in [0.3, 0.4) is 0 Å². The smallest absolute Gasteiger partial charge is 0.336 e. The molecule has 0 bridgehead atoms. The Hall–Kier alpha value is -3.22. The number of anilines is 3. The second-order valence-electron chi connectivity index (χ2n) is 3.89. The maximum Gasteiger partial charge on any atom is 0.336 e. The molecule has 0 aliphatic carbocycles. The second kappa shape index (κ2) is 7.53.